The number of nitrogens with zero attached hydrogens (tertiary/aromatic N) is 1. The van der Waals surface area contributed by atoms with Crippen LogP contribution in [0, 0.1) is 10.7 Å². The first-order valence-corrected chi connectivity index (χ1v) is 5.71. The summed E-state index contributed by atoms with van der Waals surface area (Å²) in [5.74, 6) is 0.783. The molecule has 0 heterocycles. The van der Waals surface area contributed by atoms with E-state index in [9.17, 15) is 0 Å². The number of benzene rings is 1. The molecular formula is C9H9NS2. The second-order valence-electron chi connectivity index (χ2n) is 2.23. The quantitative estimate of drug-likeness (QED) is 0.547. The third-order valence-corrected chi connectivity index (χ3v) is 2.81. The van der Waals surface area contributed by atoms with Gasteiger partial charge in [-0.25, -0.2) is 0 Å². The fourth-order valence-electron chi connectivity index (χ4n) is 0.837. The van der Waals surface area contributed by atoms with Crippen molar-refractivity contribution in [3.63, 3.8) is 0 Å². The van der Waals surface area contributed by atoms with Gasteiger partial charge in [-0.1, -0.05) is 12.1 Å². The van der Waals surface area contributed by atoms with Gasteiger partial charge in [0, 0.05) is 10.6 Å². The van der Waals surface area contributed by atoms with E-state index in [1.807, 2.05) is 0 Å². The van der Waals surface area contributed by atoms with E-state index in [2.05, 4.69) is 35.9 Å². The highest BCUT2D eigenvalue weighted by atomic mass is 32.2. The summed E-state index contributed by atoms with van der Waals surface area (Å²) in [6.07, 6.45) is 2.05. The van der Waals surface area contributed by atoms with Crippen molar-refractivity contribution in [1.82, 2.24) is 0 Å². The van der Waals surface area contributed by atoms with Crippen molar-refractivity contribution in [2.24, 2.45) is 0 Å². The third kappa shape index (κ3) is 2.80. The van der Waals surface area contributed by atoms with Crippen molar-refractivity contribution >= 4 is 23.5 Å². The van der Waals surface area contributed by atoms with Gasteiger partial charge in [0.05, 0.1) is 0 Å². The summed E-state index contributed by atoms with van der Waals surface area (Å²) >= 11 is 3.00. The Kier molecular flexibility index (Phi) is 4.06. The summed E-state index contributed by atoms with van der Waals surface area (Å²) in [5.41, 5.74) is 1.21. The van der Waals surface area contributed by atoms with E-state index in [4.69, 9.17) is 5.26 Å². The molecule has 0 bridgehead atoms. The summed E-state index contributed by atoms with van der Waals surface area (Å²) in [6, 6.07) is 8.29. The van der Waals surface area contributed by atoms with Gasteiger partial charge in [0.15, 0.2) is 0 Å². The van der Waals surface area contributed by atoms with Crippen molar-refractivity contribution in [2.45, 2.75) is 10.6 Å². The average Bonchev–Trinajstić information content (AvgIpc) is 2.15. The Balaban J connectivity index is 2.60. The topological polar surface area (TPSA) is 23.8 Å². The van der Waals surface area contributed by atoms with Gasteiger partial charge in [-0.3, -0.25) is 0 Å². The van der Waals surface area contributed by atoms with E-state index in [0.29, 0.717) is 0 Å². The van der Waals surface area contributed by atoms with Crippen LogP contribution < -0.4 is 0 Å². The van der Waals surface area contributed by atoms with E-state index in [1.54, 1.807) is 11.8 Å². The number of thioether (sulfide) groups is 2. The first-order valence-electron chi connectivity index (χ1n) is 3.50. The van der Waals surface area contributed by atoms with Gasteiger partial charge in [-0.05, 0) is 35.7 Å². The van der Waals surface area contributed by atoms with E-state index in [-0.39, 0.29) is 0 Å². The van der Waals surface area contributed by atoms with Crippen LogP contribution in [-0.2, 0) is 5.75 Å². The highest BCUT2D eigenvalue weighted by Crippen LogP contribution is 2.17. The number of hydrogen-bond donors (Lipinski definition) is 0. The molecule has 0 aromatic heterocycles. The fourth-order valence-corrected chi connectivity index (χ4v) is 1.67. The standard InChI is InChI=1S/C9H9NS2/c1-11-9-4-2-8(3-5-9)6-12-7-10/h2-5H,6H2,1H3. The van der Waals surface area contributed by atoms with Gasteiger partial charge in [0.25, 0.3) is 0 Å². The first-order chi connectivity index (χ1) is 5.86. The van der Waals surface area contributed by atoms with Gasteiger partial charge >= 0.3 is 0 Å². The van der Waals surface area contributed by atoms with Gasteiger partial charge in [-0.15, -0.1) is 11.8 Å². The molecule has 0 amide bonds. The molecule has 0 spiro atoms. The Morgan fingerprint density at radius 1 is 1.33 bits per heavy atom. The van der Waals surface area contributed by atoms with Gasteiger partial charge in [0.2, 0.25) is 0 Å². The zero-order chi connectivity index (χ0) is 8.81. The number of rotatable bonds is 3. The van der Waals surface area contributed by atoms with Crippen molar-refractivity contribution < 1.29 is 0 Å². The monoisotopic (exact) mass is 195 g/mol. The smallest absolute Gasteiger partial charge is 0.133 e. The lowest BCUT2D eigenvalue weighted by Crippen LogP contribution is -1.78. The van der Waals surface area contributed by atoms with E-state index in [1.165, 1.54) is 22.2 Å². The van der Waals surface area contributed by atoms with Crippen LogP contribution >= 0.6 is 23.5 Å². The molecule has 62 valence electrons. The largest absolute Gasteiger partial charge is 0.185 e. The molecule has 0 atom stereocenters. The second kappa shape index (κ2) is 5.13. The summed E-state index contributed by atoms with van der Waals surface area (Å²) < 4.78 is 0. The maximum absolute atomic E-state index is 8.34. The van der Waals surface area contributed by atoms with Crippen LogP contribution in [0.2, 0.25) is 0 Å². The molecule has 0 fully saturated rings. The van der Waals surface area contributed by atoms with Crippen molar-refractivity contribution in [1.29, 1.82) is 5.26 Å². The Morgan fingerprint density at radius 3 is 2.50 bits per heavy atom. The van der Waals surface area contributed by atoms with Crippen molar-refractivity contribution in [3.05, 3.63) is 29.8 Å². The minimum absolute atomic E-state index is 0.783. The van der Waals surface area contributed by atoms with Crippen LogP contribution in [0.25, 0.3) is 0 Å². The highest BCUT2D eigenvalue weighted by molar-refractivity contribution is 8.03. The molecule has 0 N–H and O–H groups in total. The molecule has 0 unspecified atom stereocenters. The van der Waals surface area contributed by atoms with Crippen LogP contribution in [0.15, 0.2) is 29.2 Å². The van der Waals surface area contributed by atoms with Crippen LogP contribution in [0.3, 0.4) is 0 Å². The Hall–Kier alpha value is -0.590. The minimum Gasteiger partial charge on any atom is -0.185 e. The Morgan fingerprint density at radius 2 is 2.00 bits per heavy atom. The normalized spacial score (nSPS) is 9.33. The van der Waals surface area contributed by atoms with Crippen molar-refractivity contribution in [2.75, 3.05) is 6.26 Å². The van der Waals surface area contributed by atoms with E-state index in [0.717, 1.165) is 5.75 Å². The van der Waals surface area contributed by atoms with Gasteiger partial charge in [-0.2, -0.15) is 5.26 Å². The average molecular weight is 195 g/mol. The molecule has 0 saturated heterocycles. The molecule has 1 aromatic rings. The minimum atomic E-state index is 0.783. The molecule has 1 nitrogen and oxygen atoms in total. The summed E-state index contributed by atoms with van der Waals surface area (Å²) in [5, 5.41) is 10.4. The molecule has 0 aliphatic heterocycles. The van der Waals surface area contributed by atoms with Crippen LogP contribution in [0.1, 0.15) is 5.56 Å². The summed E-state index contributed by atoms with van der Waals surface area (Å²) in [7, 11) is 0. The SMILES string of the molecule is CSc1ccc(CSC#N)cc1. The van der Waals surface area contributed by atoms with Crippen molar-refractivity contribution in [3.8, 4) is 5.40 Å². The molecule has 0 aliphatic carbocycles. The lowest BCUT2D eigenvalue weighted by molar-refractivity contribution is 1.35. The summed E-state index contributed by atoms with van der Waals surface area (Å²) in [4.78, 5) is 1.26. The van der Waals surface area contributed by atoms with E-state index >= 15 is 0 Å². The third-order valence-electron chi connectivity index (χ3n) is 1.46. The van der Waals surface area contributed by atoms with E-state index < -0.39 is 0 Å². The lowest BCUT2D eigenvalue weighted by atomic mass is 10.2. The number of hydrogen-bond acceptors (Lipinski definition) is 3. The van der Waals surface area contributed by atoms with Crippen LogP contribution in [-0.4, -0.2) is 6.26 Å². The molecule has 0 radical (unpaired) electrons. The highest BCUT2D eigenvalue weighted by Gasteiger charge is 1.92. The number of nitriles is 1. The Bertz CT molecular complexity index is 274. The summed E-state index contributed by atoms with van der Waals surface area (Å²) in [6.45, 7) is 0. The molecule has 12 heavy (non-hydrogen) atoms. The fraction of sp³-hybridized carbons (Fsp3) is 0.222. The second-order valence-corrected chi connectivity index (χ2v) is 3.87. The molecule has 3 heteroatoms. The maximum Gasteiger partial charge on any atom is 0.133 e. The first kappa shape index (κ1) is 9.50. The zero-order valence-corrected chi connectivity index (χ0v) is 8.41. The number of thiocyanates is 1. The van der Waals surface area contributed by atoms with Gasteiger partial charge < -0.3 is 0 Å². The maximum atomic E-state index is 8.34. The molecule has 0 aliphatic rings. The predicted molar refractivity (Wildman–Crippen MR) is 55.1 cm³/mol. The lowest BCUT2D eigenvalue weighted by Gasteiger charge is -1.98. The molecule has 1 aromatic carbocycles. The van der Waals surface area contributed by atoms with Crippen LogP contribution in [0.4, 0.5) is 0 Å². The van der Waals surface area contributed by atoms with Crippen LogP contribution in [0.5, 0.6) is 0 Å². The predicted octanol–water partition coefficient (Wildman–Crippen LogP) is 3.12. The Labute approximate surface area is 81.2 Å². The zero-order valence-electron chi connectivity index (χ0n) is 6.78. The molecule has 1 rings (SSSR count). The molecule has 0 saturated carbocycles. The molecular weight excluding hydrogens is 186 g/mol. The van der Waals surface area contributed by atoms with Gasteiger partial charge in [0.1, 0.15) is 5.40 Å².